The molecule has 0 aliphatic carbocycles. The van der Waals surface area contributed by atoms with Gasteiger partial charge in [0.2, 0.25) is 0 Å². The predicted octanol–water partition coefficient (Wildman–Crippen LogP) is 2.89. The van der Waals surface area contributed by atoms with Gasteiger partial charge in [-0.1, -0.05) is 18.2 Å². The number of rotatable bonds is 6. The molecule has 31 heavy (non-hydrogen) atoms. The second-order valence-electron chi connectivity index (χ2n) is 8.10. The van der Waals surface area contributed by atoms with E-state index < -0.39 is 42.4 Å². The number of fused-ring (bicyclic) bond motifs is 1. The molecule has 0 radical (unpaired) electrons. The number of benzene rings is 2. The smallest absolute Gasteiger partial charge is 0.407 e. The maximum absolute atomic E-state index is 13.1. The SMILES string of the molecule is CC(C)(C)OC(=O)NCCOc1ccc2c(c1)C(S(=O)(=O)c1ccccc1)CS2(=O)=O. The van der Waals surface area contributed by atoms with Crippen molar-refractivity contribution >= 4 is 25.8 Å². The van der Waals surface area contributed by atoms with Crippen LogP contribution in [-0.2, 0) is 24.4 Å². The van der Waals surface area contributed by atoms with Crippen molar-refractivity contribution in [3.63, 3.8) is 0 Å². The first-order chi connectivity index (χ1) is 14.4. The lowest BCUT2D eigenvalue weighted by Crippen LogP contribution is -2.34. The number of carbonyl (C=O) groups is 1. The Kier molecular flexibility index (Phi) is 6.33. The van der Waals surface area contributed by atoms with Crippen molar-refractivity contribution in [2.24, 2.45) is 0 Å². The molecule has 1 aliphatic rings. The summed E-state index contributed by atoms with van der Waals surface area (Å²) >= 11 is 0. The molecule has 0 saturated carbocycles. The molecular formula is C21H25NO7S2. The lowest BCUT2D eigenvalue weighted by Gasteiger charge is -2.19. The van der Waals surface area contributed by atoms with Crippen LogP contribution in [0.25, 0.3) is 0 Å². The van der Waals surface area contributed by atoms with Crippen LogP contribution in [0.5, 0.6) is 5.75 Å². The highest BCUT2D eigenvalue weighted by Gasteiger charge is 2.43. The Morgan fingerprint density at radius 1 is 1.13 bits per heavy atom. The van der Waals surface area contributed by atoms with Crippen LogP contribution in [0.4, 0.5) is 4.79 Å². The van der Waals surface area contributed by atoms with Crippen molar-refractivity contribution < 1.29 is 31.1 Å². The molecule has 1 atom stereocenters. The normalized spacial score (nSPS) is 17.6. The number of alkyl carbamates (subject to hydrolysis) is 1. The number of nitrogens with one attached hydrogen (secondary N) is 1. The summed E-state index contributed by atoms with van der Waals surface area (Å²) in [6, 6.07) is 12.0. The zero-order valence-electron chi connectivity index (χ0n) is 17.5. The summed E-state index contributed by atoms with van der Waals surface area (Å²) in [6.07, 6.45) is -0.579. The third-order valence-corrected chi connectivity index (χ3v) is 8.64. The summed E-state index contributed by atoms with van der Waals surface area (Å²) in [4.78, 5) is 11.7. The summed E-state index contributed by atoms with van der Waals surface area (Å²) < 4.78 is 61.9. The minimum Gasteiger partial charge on any atom is -0.492 e. The van der Waals surface area contributed by atoms with Gasteiger partial charge in [0.15, 0.2) is 19.7 Å². The molecule has 2 aromatic carbocycles. The quantitative estimate of drug-likeness (QED) is 0.650. The van der Waals surface area contributed by atoms with Crippen molar-refractivity contribution in [2.45, 2.75) is 41.4 Å². The summed E-state index contributed by atoms with van der Waals surface area (Å²) in [7, 11) is -7.63. The molecule has 0 aromatic heterocycles. The van der Waals surface area contributed by atoms with Crippen LogP contribution >= 0.6 is 0 Å². The Labute approximate surface area is 182 Å². The van der Waals surface area contributed by atoms with E-state index >= 15 is 0 Å². The number of hydrogen-bond acceptors (Lipinski definition) is 7. The molecule has 1 amide bonds. The Morgan fingerprint density at radius 3 is 2.45 bits per heavy atom. The van der Waals surface area contributed by atoms with Gasteiger partial charge in [-0.3, -0.25) is 0 Å². The molecule has 1 heterocycles. The van der Waals surface area contributed by atoms with Gasteiger partial charge in [0.25, 0.3) is 0 Å². The van der Waals surface area contributed by atoms with Gasteiger partial charge in [-0.15, -0.1) is 0 Å². The van der Waals surface area contributed by atoms with E-state index in [1.165, 1.54) is 30.3 Å². The van der Waals surface area contributed by atoms with Crippen LogP contribution < -0.4 is 10.1 Å². The third kappa shape index (κ3) is 5.37. The number of carbonyl (C=O) groups excluding carboxylic acids is 1. The molecule has 8 nitrogen and oxygen atoms in total. The predicted molar refractivity (Wildman–Crippen MR) is 115 cm³/mol. The van der Waals surface area contributed by atoms with Crippen LogP contribution in [0.2, 0.25) is 0 Å². The van der Waals surface area contributed by atoms with Crippen LogP contribution in [0.15, 0.2) is 58.3 Å². The molecule has 168 valence electrons. The van der Waals surface area contributed by atoms with Gasteiger partial charge < -0.3 is 14.8 Å². The van der Waals surface area contributed by atoms with Gasteiger partial charge in [-0.05, 0) is 56.7 Å². The van der Waals surface area contributed by atoms with Gasteiger partial charge in [0, 0.05) is 0 Å². The summed E-state index contributed by atoms with van der Waals surface area (Å²) in [5.74, 6) is -0.196. The van der Waals surface area contributed by atoms with Crippen molar-refractivity contribution in [1.29, 1.82) is 0 Å². The molecule has 3 rings (SSSR count). The Bertz CT molecular complexity index is 1170. The van der Waals surface area contributed by atoms with E-state index in [-0.39, 0.29) is 28.5 Å². The fraction of sp³-hybridized carbons (Fsp3) is 0.381. The van der Waals surface area contributed by atoms with E-state index in [2.05, 4.69) is 5.32 Å². The van der Waals surface area contributed by atoms with Gasteiger partial charge in [0.1, 0.15) is 23.2 Å². The van der Waals surface area contributed by atoms with Crippen molar-refractivity contribution in [1.82, 2.24) is 5.32 Å². The zero-order valence-corrected chi connectivity index (χ0v) is 19.1. The van der Waals surface area contributed by atoms with E-state index in [0.717, 1.165) is 0 Å². The molecule has 0 saturated heterocycles. The van der Waals surface area contributed by atoms with E-state index in [9.17, 15) is 21.6 Å². The molecule has 0 spiro atoms. The van der Waals surface area contributed by atoms with Crippen LogP contribution in [0.3, 0.4) is 0 Å². The summed E-state index contributed by atoms with van der Waals surface area (Å²) in [5.41, 5.74) is -0.420. The molecule has 0 bridgehead atoms. The van der Waals surface area contributed by atoms with E-state index in [1.807, 2.05) is 0 Å². The van der Waals surface area contributed by atoms with Crippen LogP contribution in [-0.4, -0.2) is 47.4 Å². The van der Waals surface area contributed by atoms with Gasteiger partial charge in [-0.2, -0.15) is 0 Å². The molecule has 10 heteroatoms. The number of amides is 1. The molecular weight excluding hydrogens is 442 g/mol. The third-order valence-electron chi connectivity index (χ3n) is 4.52. The first-order valence-corrected chi connectivity index (χ1v) is 12.9. The standard InChI is InChI=1S/C21H25NO7S2/c1-21(2,3)29-20(23)22-11-12-28-15-9-10-18-17(13-15)19(14-30(18,24)25)31(26,27)16-7-5-4-6-8-16/h4-10,13,19H,11-12,14H2,1-3H3,(H,22,23). The Balaban J connectivity index is 1.75. The fourth-order valence-corrected chi connectivity index (χ4v) is 7.51. The van der Waals surface area contributed by atoms with Crippen molar-refractivity contribution in [2.75, 3.05) is 18.9 Å². The topological polar surface area (TPSA) is 116 Å². The highest BCUT2D eigenvalue weighted by atomic mass is 32.2. The average Bonchev–Trinajstić information content (AvgIpc) is 2.96. The molecule has 1 aliphatic heterocycles. The second kappa shape index (κ2) is 8.51. The highest BCUT2D eigenvalue weighted by Crippen LogP contribution is 2.42. The Morgan fingerprint density at radius 2 is 1.81 bits per heavy atom. The molecule has 2 aromatic rings. The lowest BCUT2D eigenvalue weighted by molar-refractivity contribution is 0.0520. The lowest BCUT2D eigenvalue weighted by atomic mass is 10.1. The van der Waals surface area contributed by atoms with Gasteiger partial charge >= 0.3 is 6.09 Å². The van der Waals surface area contributed by atoms with E-state index in [4.69, 9.17) is 9.47 Å². The monoisotopic (exact) mass is 467 g/mol. The maximum Gasteiger partial charge on any atom is 0.407 e. The van der Waals surface area contributed by atoms with E-state index in [0.29, 0.717) is 5.75 Å². The summed E-state index contributed by atoms with van der Waals surface area (Å²) in [5, 5.41) is 1.34. The minimum atomic E-state index is -3.90. The summed E-state index contributed by atoms with van der Waals surface area (Å²) in [6.45, 7) is 5.52. The minimum absolute atomic E-state index is 0.00349. The second-order valence-corrected chi connectivity index (χ2v) is 12.2. The molecule has 0 fully saturated rings. The highest BCUT2D eigenvalue weighted by molar-refractivity contribution is 7.96. The first-order valence-electron chi connectivity index (χ1n) is 9.65. The molecule has 1 N–H and O–H groups in total. The van der Waals surface area contributed by atoms with Crippen molar-refractivity contribution in [3.05, 3.63) is 54.1 Å². The largest absolute Gasteiger partial charge is 0.492 e. The van der Waals surface area contributed by atoms with Crippen LogP contribution in [0.1, 0.15) is 31.6 Å². The van der Waals surface area contributed by atoms with Gasteiger partial charge in [0.05, 0.1) is 22.1 Å². The van der Waals surface area contributed by atoms with E-state index in [1.54, 1.807) is 39.0 Å². The number of hydrogen-bond donors (Lipinski definition) is 1. The van der Waals surface area contributed by atoms with Gasteiger partial charge in [-0.25, -0.2) is 21.6 Å². The number of sulfone groups is 2. The fourth-order valence-electron chi connectivity index (χ4n) is 3.20. The first kappa shape index (κ1) is 23.1. The Hall–Kier alpha value is -2.59. The molecule has 1 unspecified atom stereocenters. The van der Waals surface area contributed by atoms with Crippen molar-refractivity contribution in [3.8, 4) is 5.75 Å². The van der Waals surface area contributed by atoms with Crippen LogP contribution in [0, 0.1) is 0 Å². The average molecular weight is 468 g/mol. The number of ether oxygens (including phenoxy) is 2. The maximum atomic E-state index is 13.1. The zero-order chi connectivity index (χ0) is 22.9.